The van der Waals surface area contributed by atoms with Crippen molar-refractivity contribution in [3.8, 4) is 0 Å². The van der Waals surface area contributed by atoms with Gasteiger partial charge in [0.1, 0.15) is 0 Å². The fourth-order valence-corrected chi connectivity index (χ4v) is 3.80. The summed E-state index contributed by atoms with van der Waals surface area (Å²) in [5.74, 6) is 2.88. The summed E-state index contributed by atoms with van der Waals surface area (Å²) in [5, 5.41) is 8.07. The van der Waals surface area contributed by atoms with Crippen LogP contribution in [-0.2, 0) is 7.05 Å². The van der Waals surface area contributed by atoms with Crippen LogP contribution in [0.15, 0.2) is 12.3 Å². The van der Waals surface area contributed by atoms with Gasteiger partial charge in [-0.3, -0.25) is 4.68 Å². The average molecular weight is 233 g/mol. The zero-order valence-electron chi connectivity index (χ0n) is 10.9. The Morgan fingerprint density at radius 1 is 1.47 bits per heavy atom. The summed E-state index contributed by atoms with van der Waals surface area (Å²) in [6, 6.07) is 2.72. The molecular weight excluding hydrogens is 210 g/mol. The van der Waals surface area contributed by atoms with Gasteiger partial charge in [-0.2, -0.15) is 5.10 Å². The number of aryl methyl sites for hydroxylation is 1. The van der Waals surface area contributed by atoms with Crippen LogP contribution in [0, 0.1) is 17.8 Å². The average Bonchev–Trinajstić information content (AvgIpc) is 2.71. The molecule has 0 aromatic carbocycles. The second kappa shape index (κ2) is 4.45. The van der Waals surface area contributed by atoms with Crippen molar-refractivity contribution in [1.82, 2.24) is 15.1 Å². The molecule has 1 N–H and O–H groups in total. The van der Waals surface area contributed by atoms with Crippen LogP contribution in [0.3, 0.4) is 0 Å². The van der Waals surface area contributed by atoms with E-state index in [9.17, 15) is 0 Å². The molecule has 0 aliphatic heterocycles. The van der Waals surface area contributed by atoms with E-state index in [2.05, 4.69) is 30.5 Å². The van der Waals surface area contributed by atoms with Gasteiger partial charge in [-0.1, -0.05) is 13.3 Å². The van der Waals surface area contributed by atoms with Gasteiger partial charge in [0.15, 0.2) is 0 Å². The number of nitrogens with zero attached hydrogens (tertiary/aromatic N) is 2. The molecule has 17 heavy (non-hydrogen) atoms. The topological polar surface area (TPSA) is 29.9 Å². The van der Waals surface area contributed by atoms with Gasteiger partial charge in [0.2, 0.25) is 0 Å². The molecule has 3 rings (SSSR count). The van der Waals surface area contributed by atoms with E-state index < -0.39 is 0 Å². The predicted molar refractivity (Wildman–Crippen MR) is 68.6 cm³/mol. The van der Waals surface area contributed by atoms with E-state index in [0.29, 0.717) is 6.04 Å². The fraction of sp³-hybridized carbons (Fsp3) is 0.786. The standard InChI is InChI=1S/C14H23N3/c1-3-8-15-14(12-7-9-16-17(12)2)13-10-5-4-6-11(10)13/h7,9-11,13-15H,3-6,8H2,1-2H3. The highest BCUT2D eigenvalue weighted by Crippen LogP contribution is 2.62. The Balaban J connectivity index is 1.76. The summed E-state index contributed by atoms with van der Waals surface area (Å²) in [6.07, 6.45) is 7.50. The highest BCUT2D eigenvalue weighted by Gasteiger charge is 2.56. The molecule has 1 aromatic rings. The molecule has 1 aromatic heterocycles. The quantitative estimate of drug-likeness (QED) is 0.847. The maximum absolute atomic E-state index is 4.33. The van der Waals surface area contributed by atoms with Crippen molar-refractivity contribution in [2.75, 3.05) is 6.54 Å². The molecule has 0 amide bonds. The van der Waals surface area contributed by atoms with Crippen LogP contribution in [0.1, 0.15) is 44.3 Å². The van der Waals surface area contributed by atoms with Gasteiger partial charge in [-0.25, -0.2) is 0 Å². The monoisotopic (exact) mass is 233 g/mol. The lowest BCUT2D eigenvalue weighted by Gasteiger charge is -2.20. The van der Waals surface area contributed by atoms with Gasteiger partial charge in [0.25, 0.3) is 0 Å². The van der Waals surface area contributed by atoms with Crippen LogP contribution in [0.4, 0.5) is 0 Å². The Bertz CT molecular complexity index is 375. The molecule has 3 unspecified atom stereocenters. The summed E-state index contributed by atoms with van der Waals surface area (Å²) >= 11 is 0. The minimum atomic E-state index is 0.540. The minimum absolute atomic E-state index is 0.540. The molecule has 0 spiro atoms. The normalized spacial score (nSPS) is 32.5. The highest BCUT2D eigenvalue weighted by molar-refractivity contribution is 5.16. The van der Waals surface area contributed by atoms with Gasteiger partial charge in [-0.15, -0.1) is 0 Å². The van der Waals surface area contributed by atoms with Crippen LogP contribution < -0.4 is 5.32 Å². The summed E-state index contributed by atoms with van der Waals surface area (Å²) in [5.41, 5.74) is 1.37. The third kappa shape index (κ3) is 1.90. The van der Waals surface area contributed by atoms with Gasteiger partial charge >= 0.3 is 0 Å². The lowest BCUT2D eigenvalue weighted by Crippen LogP contribution is -2.27. The van der Waals surface area contributed by atoms with Crippen molar-refractivity contribution in [2.24, 2.45) is 24.8 Å². The first-order valence-corrected chi connectivity index (χ1v) is 7.04. The predicted octanol–water partition coefficient (Wildman–Crippen LogP) is 2.51. The summed E-state index contributed by atoms with van der Waals surface area (Å²) in [4.78, 5) is 0. The number of hydrogen-bond acceptors (Lipinski definition) is 2. The first-order valence-electron chi connectivity index (χ1n) is 7.04. The van der Waals surface area contributed by atoms with Crippen LogP contribution in [0.5, 0.6) is 0 Å². The van der Waals surface area contributed by atoms with Crippen LogP contribution in [0.25, 0.3) is 0 Å². The number of hydrogen-bond donors (Lipinski definition) is 1. The molecule has 2 aliphatic rings. The first-order chi connectivity index (χ1) is 8.33. The highest BCUT2D eigenvalue weighted by atomic mass is 15.3. The smallest absolute Gasteiger partial charge is 0.0553 e. The van der Waals surface area contributed by atoms with Crippen molar-refractivity contribution < 1.29 is 0 Å². The second-order valence-corrected chi connectivity index (χ2v) is 5.65. The zero-order chi connectivity index (χ0) is 11.8. The van der Waals surface area contributed by atoms with Crippen molar-refractivity contribution in [1.29, 1.82) is 0 Å². The third-order valence-electron chi connectivity index (χ3n) is 4.65. The minimum Gasteiger partial charge on any atom is -0.308 e. The number of nitrogens with one attached hydrogen (secondary N) is 1. The van der Waals surface area contributed by atoms with Gasteiger partial charge < -0.3 is 5.32 Å². The van der Waals surface area contributed by atoms with E-state index >= 15 is 0 Å². The summed E-state index contributed by atoms with van der Waals surface area (Å²) in [6.45, 7) is 3.35. The van der Waals surface area contributed by atoms with Crippen molar-refractivity contribution in [3.63, 3.8) is 0 Å². The maximum Gasteiger partial charge on any atom is 0.0553 e. The molecular formula is C14H23N3. The lowest BCUT2D eigenvalue weighted by molar-refractivity contribution is 0.397. The Hall–Kier alpha value is -0.830. The van der Waals surface area contributed by atoms with Crippen LogP contribution in [0.2, 0.25) is 0 Å². The third-order valence-corrected chi connectivity index (χ3v) is 4.65. The van der Waals surface area contributed by atoms with Crippen LogP contribution in [-0.4, -0.2) is 16.3 Å². The Labute approximate surface area is 104 Å². The first kappa shape index (κ1) is 11.3. The molecule has 3 nitrogen and oxygen atoms in total. The molecule has 2 fully saturated rings. The molecule has 1 heterocycles. The van der Waals surface area contributed by atoms with Crippen molar-refractivity contribution >= 4 is 0 Å². The van der Waals surface area contributed by atoms with E-state index in [1.807, 2.05) is 10.9 Å². The second-order valence-electron chi connectivity index (χ2n) is 5.65. The van der Waals surface area contributed by atoms with E-state index in [1.165, 1.54) is 31.4 Å². The van der Waals surface area contributed by atoms with E-state index in [1.54, 1.807) is 0 Å². The molecule has 3 heteroatoms. The van der Waals surface area contributed by atoms with E-state index in [4.69, 9.17) is 0 Å². The Morgan fingerprint density at radius 3 is 2.82 bits per heavy atom. The van der Waals surface area contributed by atoms with E-state index in [0.717, 1.165) is 24.3 Å². The number of fused-ring (bicyclic) bond motifs is 1. The van der Waals surface area contributed by atoms with Crippen LogP contribution >= 0.6 is 0 Å². The molecule has 2 saturated carbocycles. The summed E-state index contributed by atoms with van der Waals surface area (Å²) in [7, 11) is 2.06. The van der Waals surface area contributed by atoms with Crippen molar-refractivity contribution in [3.05, 3.63) is 18.0 Å². The maximum atomic E-state index is 4.33. The fourth-order valence-electron chi connectivity index (χ4n) is 3.80. The SMILES string of the molecule is CCCNC(c1ccnn1C)C1C2CCCC21. The zero-order valence-corrected chi connectivity index (χ0v) is 10.9. The molecule has 94 valence electrons. The molecule has 0 saturated heterocycles. The Kier molecular flexibility index (Phi) is 2.95. The van der Waals surface area contributed by atoms with E-state index in [-0.39, 0.29) is 0 Å². The Morgan fingerprint density at radius 2 is 2.24 bits per heavy atom. The molecule has 3 atom stereocenters. The summed E-state index contributed by atoms with van der Waals surface area (Å²) < 4.78 is 2.04. The molecule has 0 bridgehead atoms. The van der Waals surface area contributed by atoms with Gasteiger partial charge in [-0.05, 0) is 49.6 Å². The van der Waals surface area contributed by atoms with Gasteiger partial charge in [0, 0.05) is 13.2 Å². The number of rotatable bonds is 5. The van der Waals surface area contributed by atoms with Crippen molar-refractivity contribution in [2.45, 2.75) is 38.6 Å². The number of aromatic nitrogens is 2. The largest absolute Gasteiger partial charge is 0.308 e. The molecule has 0 radical (unpaired) electrons. The van der Waals surface area contributed by atoms with Gasteiger partial charge in [0.05, 0.1) is 11.7 Å². The lowest BCUT2D eigenvalue weighted by atomic mass is 10.0. The molecule has 2 aliphatic carbocycles.